The average Bonchev–Trinajstić information content (AvgIpc) is 3.38. The molecule has 1 aliphatic carbocycles. The van der Waals surface area contributed by atoms with Crippen LogP contribution >= 0.6 is 0 Å². The Kier molecular flexibility index (Phi) is 4.48. The third kappa shape index (κ3) is 3.48. The quantitative estimate of drug-likeness (QED) is 0.859. The van der Waals surface area contributed by atoms with Crippen molar-refractivity contribution in [3.8, 4) is 0 Å². The molecule has 1 amide bonds. The zero-order valence-electron chi connectivity index (χ0n) is 14.9. The Labute approximate surface area is 153 Å². The summed E-state index contributed by atoms with van der Waals surface area (Å²) in [5.41, 5.74) is 1.20. The van der Waals surface area contributed by atoms with Crippen molar-refractivity contribution in [2.24, 2.45) is 5.92 Å². The number of fused-ring (bicyclic) bond motifs is 1. The maximum Gasteiger partial charge on any atom is 0.272 e. The predicted molar refractivity (Wildman–Crippen MR) is 98.6 cm³/mol. The van der Waals surface area contributed by atoms with Crippen molar-refractivity contribution in [2.45, 2.75) is 31.6 Å². The summed E-state index contributed by atoms with van der Waals surface area (Å²) in [4.78, 5) is 17.3. The second kappa shape index (κ2) is 6.66. The number of pyridine rings is 1. The summed E-state index contributed by atoms with van der Waals surface area (Å²) < 4.78 is 27.3. The van der Waals surface area contributed by atoms with Gasteiger partial charge in [-0.15, -0.1) is 0 Å². The highest BCUT2D eigenvalue weighted by Gasteiger charge is 2.31. The van der Waals surface area contributed by atoms with Crippen molar-refractivity contribution in [2.75, 3.05) is 25.9 Å². The second-order valence-corrected chi connectivity index (χ2v) is 9.37. The molecule has 0 bridgehead atoms. The highest BCUT2D eigenvalue weighted by Crippen LogP contribution is 2.30. The first-order valence-corrected chi connectivity index (χ1v) is 11.0. The van der Waals surface area contributed by atoms with Crippen LogP contribution in [0, 0.1) is 5.92 Å². The van der Waals surface area contributed by atoms with Gasteiger partial charge in [-0.2, -0.15) is 0 Å². The molecule has 2 aromatic rings. The third-order valence-electron chi connectivity index (χ3n) is 5.26. The normalized spacial score (nSPS) is 21.8. The maximum absolute atomic E-state index is 12.6. The van der Waals surface area contributed by atoms with Crippen molar-refractivity contribution in [3.05, 3.63) is 35.9 Å². The number of piperidine rings is 1. The molecule has 1 unspecified atom stereocenters. The number of rotatable bonds is 5. The molecule has 4 rings (SSSR count). The number of nitrogens with one attached hydrogen (secondary N) is 1. The number of nitrogens with zero attached hydrogens (tertiary/aromatic N) is 3. The van der Waals surface area contributed by atoms with Crippen LogP contribution in [0.25, 0.3) is 5.52 Å². The van der Waals surface area contributed by atoms with Gasteiger partial charge in [0.1, 0.15) is 5.82 Å². The lowest BCUT2D eigenvalue weighted by Crippen LogP contribution is -2.38. The summed E-state index contributed by atoms with van der Waals surface area (Å²) in [6.07, 6.45) is 7.16. The van der Waals surface area contributed by atoms with E-state index in [9.17, 15) is 13.2 Å². The van der Waals surface area contributed by atoms with Gasteiger partial charge in [0.25, 0.3) is 5.91 Å². The number of hydrogen-bond donors (Lipinski definition) is 1. The molecule has 8 heteroatoms. The summed E-state index contributed by atoms with van der Waals surface area (Å²) in [7, 11) is -3.22. The number of carbonyl (C=O) groups is 1. The Bertz CT molecular complexity index is 933. The lowest BCUT2D eigenvalue weighted by atomic mass is 9.99. The van der Waals surface area contributed by atoms with Crippen LogP contribution in [0.3, 0.4) is 0 Å². The smallest absolute Gasteiger partial charge is 0.272 e. The maximum atomic E-state index is 12.6. The Morgan fingerprint density at radius 1 is 1.31 bits per heavy atom. The summed E-state index contributed by atoms with van der Waals surface area (Å²) in [5.74, 6) is 1.21. The molecule has 7 nitrogen and oxygen atoms in total. The molecule has 0 radical (unpaired) electrons. The monoisotopic (exact) mass is 376 g/mol. The number of amides is 1. The Hall–Kier alpha value is -1.93. The largest absolute Gasteiger partial charge is 0.350 e. The Morgan fingerprint density at radius 2 is 2.12 bits per heavy atom. The van der Waals surface area contributed by atoms with Gasteiger partial charge in [-0.05, 0) is 43.7 Å². The average molecular weight is 376 g/mol. The van der Waals surface area contributed by atoms with Crippen LogP contribution in [0.4, 0.5) is 0 Å². The van der Waals surface area contributed by atoms with Crippen LogP contribution in [0.2, 0.25) is 0 Å². The molecule has 0 aromatic carbocycles. The van der Waals surface area contributed by atoms with Gasteiger partial charge in [0, 0.05) is 31.7 Å². The molecular formula is C18H24N4O3S. The highest BCUT2D eigenvalue weighted by molar-refractivity contribution is 7.88. The van der Waals surface area contributed by atoms with Crippen LogP contribution in [0.15, 0.2) is 24.4 Å². The zero-order chi connectivity index (χ0) is 18.3. The first kappa shape index (κ1) is 17.5. The molecular weight excluding hydrogens is 352 g/mol. The fraction of sp³-hybridized carbons (Fsp3) is 0.556. The van der Waals surface area contributed by atoms with Crippen LogP contribution in [0.1, 0.15) is 47.9 Å². The molecule has 2 fully saturated rings. The highest BCUT2D eigenvalue weighted by atomic mass is 32.2. The number of carbonyl (C=O) groups excluding carboxylic acids is 1. The number of sulfonamides is 1. The van der Waals surface area contributed by atoms with Crippen molar-refractivity contribution in [1.29, 1.82) is 0 Å². The van der Waals surface area contributed by atoms with E-state index in [4.69, 9.17) is 0 Å². The fourth-order valence-electron chi connectivity index (χ4n) is 3.61. The van der Waals surface area contributed by atoms with E-state index in [2.05, 4.69) is 10.3 Å². The second-order valence-electron chi connectivity index (χ2n) is 7.39. The Morgan fingerprint density at radius 3 is 2.85 bits per heavy atom. The first-order chi connectivity index (χ1) is 12.4. The summed E-state index contributed by atoms with van der Waals surface area (Å²) >= 11 is 0. The number of hydrogen-bond acceptors (Lipinski definition) is 4. The molecule has 3 heterocycles. The summed E-state index contributed by atoms with van der Waals surface area (Å²) in [5, 5.41) is 2.98. The van der Waals surface area contributed by atoms with E-state index in [-0.39, 0.29) is 11.8 Å². The topological polar surface area (TPSA) is 83.8 Å². The van der Waals surface area contributed by atoms with E-state index in [1.54, 1.807) is 0 Å². The van der Waals surface area contributed by atoms with Gasteiger partial charge in [-0.3, -0.25) is 4.79 Å². The summed E-state index contributed by atoms with van der Waals surface area (Å²) in [6.45, 7) is 1.66. The first-order valence-electron chi connectivity index (χ1n) is 9.14. The van der Waals surface area contributed by atoms with E-state index in [1.165, 1.54) is 23.4 Å². The minimum absolute atomic E-state index is 0.0154. The van der Waals surface area contributed by atoms with E-state index in [0.717, 1.165) is 24.2 Å². The molecule has 2 aliphatic rings. The molecule has 1 saturated carbocycles. The predicted octanol–water partition coefficient (Wildman–Crippen LogP) is 1.61. The van der Waals surface area contributed by atoms with Gasteiger partial charge < -0.3 is 9.72 Å². The van der Waals surface area contributed by atoms with E-state index < -0.39 is 10.0 Å². The number of imidazole rings is 1. The van der Waals surface area contributed by atoms with Gasteiger partial charge in [0.15, 0.2) is 5.69 Å². The Balaban J connectivity index is 1.65. The SMILES string of the molecule is CS(=O)(=O)N1CCCC(c2nc(C(=O)NCC3CC3)c3ccccn23)C1. The minimum atomic E-state index is -3.22. The van der Waals surface area contributed by atoms with E-state index in [1.807, 2.05) is 28.8 Å². The molecule has 140 valence electrons. The van der Waals surface area contributed by atoms with E-state index in [0.29, 0.717) is 31.2 Å². The van der Waals surface area contributed by atoms with Crippen LogP contribution in [0.5, 0.6) is 0 Å². The van der Waals surface area contributed by atoms with Crippen LogP contribution in [-0.2, 0) is 10.0 Å². The van der Waals surface area contributed by atoms with Crippen molar-refractivity contribution in [1.82, 2.24) is 19.0 Å². The standard InChI is InChI=1S/C18H24N4O3S/c1-26(24,25)21-9-4-5-14(12-21)17-20-16(15-6-2-3-10-22(15)17)18(23)19-11-13-7-8-13/h2-3,6,10,13-14H,4-5,7-9,11-12H2,1H3,(H,19,23). The van der Waals surface area contributed by atoms with E-state index >= 15 is 0 Å². The lowest BCUT2D eigenvalue weighted by Gasteiger charge is -2.30. The number of aromatic nitrogens is 2. The minimum Gasteiger partial charge on any atom is -0.350 e. The van der Waals surface area contributed by atoms with Gasteiger partial charge in [0.2, 0.25) is 10.0 Å². The molecule has 26 heavy (non-hydrogen) atoms. The van der Waals surface area contributed by atoms with Gasteiger partial charge in [0.05, 0.1) is 11.8 Å². The fourth-order valence-corrected chi connectivity index (χ4v) is 4.53. The molecule has 1 saturated heterocycles. The lowest BCUT2D eigenvalue weighted by molar-refractivity contribution is 0.0948. The van der Waals surface area contributed by atoms with Crippen molar-refractivity contribution >= 4 is 21.4 Å². The van der Waals surface area contributed by atoms with Crippen molar-refractivity contribution < 1.29 is 13.2 Å². The molecule has 2 aromatic heterocycles. The zero-order valence-corrected chi connectivity index (χ0v) is 15.7. The third-order valence-corrected chi connectivity index (χ3v) is 6.53. The van der Waals surface area contributed by atoms with Crippen molar-refractivity contribution in [3.63, 3.8) is 0 Å². The molecule has 0 spiro atoms. The molecule has 1 N–H and O–H groups in total. The van der Waals surface area contributed by atoms with Gasteiger partial charge >= 0.3 is 0 Å². The molecule has 1 aliphatic heterocycles. The van der Waals surface area contributed by atoms with Crippen LogP contribution in [-0.4, -0.2) is 53.9 Å². The molecule has 1 atom stereocenters. The van der Waals surface area contributed by atoms with Crippen LogP contribution < -0.4 is 5.32 Å². The van der Waals surface area contributed by atoms with Gasteiger partial charge in [-0.1, -0.05) is 6.07 Å². The summed E-state index contributed by atoms with van der Waals surface area (Å²) in [6, 6.07) is 5.68. The van der Waals surface area contributed by atoms with Gasteiger partial charge in [-0.25, -0.2) is 17.7 Å².